The zero-order valence-corrected chi connectivity index (χ0v) is 12.9. The maximum Gasteiger partial charge on any atom is 0.0231 e. The van der Waals surface area contributed by atoms with Crippen LogP contribution in [0.25, 0.3) is 0 Å². The Labute approximate surface area is 128 Å². The average Bonchev–Trinajstić information content (AvgIpc) is 3.10. The molecular formula is C19H26N2. The first-order chi connectivity index (χ1) is 10.3. The number of benzene rings is 1. The van der Waals surface area contributed by atoms with Gasteiger partial charge in [-0.15, -0.1) is 0 Å². The van der Waals surface area contributed by atoms with Gasteiger partial charge in [-0.05, 0) is 48.9 Å². The highest BCUT2D eigenvalue weighted by atomic mass is 15.2. The van der Waals surface area contributed by atoms with Gasteiger partial charge < -0.3 is 5.32 Å². The van der Waals surface area contributed by atoms with Crippen LogP contribution in [-0.4, -0.2) is 36.6 Å². The van der Waals surface area contributed by atoms with Gasteiger partial charge in [0, 0.05) is 25.2 Å². The Hall–Kier alpha value is -1.38. The quantitative estimate of drug-likeness (QED) is 0.807. The lowest BCUT2D eigenvalue weighted by Crippen LogP contribution is -2.42. The van der Waals surface area contributed by atoms with E-state index in [1.165, 1.54) is 43.4 Å². The predicted octanol–water partition coefficient (Wildman–Crippen LogP) is 2.95. The third-order valence-electron chi connectivity index (χ3n) is 4.89. The summed E-state index contributed by atoms with van der Waals surface area (Å²) in [6, 6.07) is 10.1. The van der Waals surface area contributed by atoms with E-state index in [2.05, 4.69) is 47.6 Å². The fourth-order valence-corrected chi connectivity index (χ4v) is 3.67. The van der Waals surface area contributed by atoms with Crippen molar-refractivity contribution in [1.29, 1.82) is 0 Å². The number of hydrogen-bond acceptors (Lipinski definition) is 2. The third-order valence-corrected chi connectivity index (χ3v) is 4.89. The van der Waals surface area contributed by atoms with E-state index in [1.54, 1.807) is 0 Å². The number of likely N-dealkylation sites (tertiary alicyclic amines) is 1. The molecule has 1 N–H and O–H groups in total. The van der Waals surface area contributed by atoms with Crippen molar-refractivity contribution in [2.75, 3.05) is 19.6 Å². The van der Waals surface area contributed by atoms with Gasteiger partial charge in [0.15, 0.2) is 0 Å². The normalized spacial score (nSPS) is 22.4. The van der Waals surface area contributed by atoms with E-state index >= 15 is 0 Å². The number of nitrogens with zero attached hydrogens (tertiary/aromatic N) is 1. The molecule has 0 spiro atoms. The van der Waals surface area contributed by atoms with Crippen LogP contribution in [0.3, 0.4) is 0 Å². The molecule has 0 saturated carbocycles. The second-order valence-corrected chi connectivity index (χ2v) is 6.41. The smallest absolute Gasteiger partial charge is 0.0231 e. The van der Waals surface area contributed by atoms with E-state index in [1.807, 2.05) is 6.08 Å². The molecule has 0 aromatic heterocycles. The van der Waals surface area contributed by atoms with Crippen molar-refractivity contribution >= 4 is 0 Å². The lowest BCUT2D eigenvalue weighted by molar-refractivity contribution is 0.262. The first-order valence-electron chi connectivity index (χ1n) is 8.10. The van der Waals surface area contributed by atoms with Crippen LogP contribution in [0, 0.1) is 0 Å². The van der Waals surface area contributed by atoms with Gasteiger partial charge in [0.05, 0.1) is 0 Å². The third kappa shape index (κ3) is 3.45. The van der Waals surface area contributed by atoms with Gasteiger partial charge in [0.25, 0.3) is 0 Å². The van der Waals surface area contributed by atoms with Crippen LogP contribution in [0.1, 0.15) is 24.0 Å². The van der Waals surface area contributed by atoms with E-state index in [9.17, 15) is 0 Å². The summed E-state index contributed by atoms with van der Waals surface area (Å²) in [6.07, 6.45) is 6.86. The first kappa shape index (κ1) is 14.6. The Morgan fingerprint density at radius 1 is 1.29 bits per heavy atom. The molecule has 1 aliphatic carbocycles. The molecule has 0 bridgehead atoms. The predicted molar refractivity (Wildman–Crippen MR) is 89.6 cm³/mol. The maximum atomic E-state index is 4.06. The van der Waals surface area contributed by atoms with Gasteiger partial charge in [0.1, 0.15) is 0 Å². The van der Waals surface area contributed by atoms with Crippen LogP contribution in [0.2, 0.25) is 0 Å². The van der Waals surface area contributed by atoms with Gasteiger partial charge in [-0.25, -0.2) is 0 Å². The standard InChI is InChI=1S/C19H26N2/c1-3-15(2)14-21-10-6-9-19(21)13-20-18-11-16-7-4-5-8-17(16)12-18/h3-5,7-8,18-20H,1-2,6,9-14H2. The molecule has 0 amide bonds. The fraction of sp³-hybridized carbons (Fsp3) is 0.474. The molecule has 1 aliphatic heterocycles. The summed E-state index contributed by atoms with van der Waals surface area (Å²) in [7, 11) is 0. The van der Waals surface area contributed by atoms with E-state index in [-0.39, 0.29) is 0 Å². The van der Waals surface area contributed by atoms with Gasteiger partial charge in [-0.3, -0.25) is 4.90 Å². The lowest BCUT2D eigenvalue weighted by atomic mass is 10.1. The molecule has 1 unspecified atom stereocenters. The maximum absolute atomic E-state index is 4.06. The van der Waals surface area contributed by atoms with Crippen LogP contribution in [-0.2, 0) is 12.8 Å². The molecule has 1 aromatic rings. The molecule has 1 fully saturated rings. The van der Waals surface area contributed by atoms with Gasteiger partial charge in [-0.2, -0.15) is 0 Å². The first-order valence-corrected chi connectivity index (χ1v) is 8.10. The Kier molecular flexibility index (Phi) is 4.57. The molecule has 2 nitrogen and oxygen atoms in total. The molecule has 21 heavy (non-hydrogen) atoms. The van der Waals surface area contributed by atoms with Crippen molar-refractivity contribution in [3.8, 4) is 0 Å². The van der Waals surface area contributed by atoms with Gasteiger partial charge >= 0.3 is 0 Å². The molecule has 2 aliphatic rings. The fourth-order valence-electron chi connectivity index (χ4n) is 3.67. The molecule has 1 heterocycles. The molecule has 2 heteroatoms. The Morgan fingerprint density at radius 3 is 2.67 bits per heavy atom. The topological polar surface area (TPSA) is 15.3 Å². The van der Waals surface area contributed by atoms with Crippen molar-refractivity contribution in [1.82, 2.24) is 10.2 Å². The second-order valence-electron chi connectivity index (χ2n) is 6.41. The summed E-state index contributed by atoms with van der Waals surface area (Å²) < 4.78 is 0. The van der Waals surface area contributed by atoms with Crippen LogP contribution >= 0.6 is 0 Å². The number of nitrogens with one attached hydrogen (secondary N) is 1. The SMILES string of the molecule is C=CC(=C)CN1CCCC1CNC1Cc2ccccc2C1. The molecule has 1 aromatic carbocycles. The van der Waals surface area contributed by atoms with Crippen LogP contribution in [0.4, 0.5) is 0 Å². The molecule has 1 saturated heterocycles. The largest absolute Gasteiger partial charge is 0.312 e. The molecule has 112 valence electrons. The van der Waals surface area contributed by atoms with Crippen molar-refractivity contribution in [3.05, 3.63) is 60.2 Å². The van der Waals surface area contributed by atoms with Crippen LogP contribution in [0.5, 0.6) is 0 Å². The van der Waals surface area contributed by atoms with Gasteiger partial charge in [0.2, 0.25) is 0 Å². The minimum Gasteiger partial charge on any atom is -0.312 e. The zero-order valence-electron chi connectivity index (χ0n) is 12.9. The minimum absolute atomic E-state index is 0.618. The highest BCUT2D eigenvalue weighted by molar-refractivity contribution is 5.33. The molecule has 0 radical (unpaired) electrons. The van der Waals surface area contributed by atoms with Crippen LogP contribution < -0.4 is 5.32 Å². The summed E-state index contributed by atoms with van der Waals surface area (Å²) in [6.45, 7) is 11.1. The summed E-state index contributed by atoms with van der Waals surface area (Å²) in [5, 5.41) is 3.79. The molecule has 3 rings (SSSR count). The van der Waals surface area contributed by atoms with E-state index in [4.69, 9.17) is 0 Å². The summed E-state index contributed by atoms with van der Waals surface area (Å²) in [4.78, 5) is 2.55. The second kappa shape index (κ2) is 6.59. The average molecular weight is 282 g/mol. The molecule has 1 atom stereocenters. The number of rotatable bonds is 6. The highest BCUT2D eigenvalue weighted by Crippen LogP contribution is 2.23. The Morgan fingerprint density at radius 2 is 2.00 bits per heavy atom. The minimum atomic E-state index is 0.618. The lowest BCUT2D eigenvalue weighted by Gasteiger charge is -2.26. The van der Waals surface area contributed by atoms with Crippen molar-refractivity contribution in [2.45, 2.75) is 37.8 Å². The monoisotopic (exact) mass is 282 g/mol. The highest BCUT2D eigenvalue weighted by Gasteiger charge is 2.26. The van der Waals surface area contributed by atoms with Crippen LogP contribution in [0.15, 0.2) is 49.1 Å². The summed E-state index contributed by atoms with van der Waals surface area (Å²) >= 11 is 0. The van der Waals surface area contributed by atoms with Gasteiger partial charge in [-0.1, -0.05) is 43.5 Å². The van der Waals surface area contributed by atoms with E-state index in [0.717, 1.165) is 18.7 Å². The Bertz CT molecular complexity index is 495. The number of hydrogen-bond donors (Lipinski definition) is 1. The van der Waals surface area contributed by atoms with Crippen molar-refractivity contribution < 1.29 is 0 Å². The Balaban J connectivity index is 1.49. The summed E-state index contributed by atoms with van der Waals surface area (Å²) in [5.74, 6) is 0. The van der Waals surface area contributed by atoms with E-state index in [0.29, 0.717) is 12.1 Å². The summed E-state index contributed by atoms with van der Waals surface area (Å²) in [5.41, 5.74) is 4.19. The van der Waals surface area contributed by atoms with Crippen molar-refractivity contribution in [2.24, 2.45) is 0 Å². The van der Waals surface area contributed by atoms with E-state index < -0.39 is 0 Å². The number of fused-ring (bicyclic) bond motifs is 1. The zero-order chi connectivity index (χ0) is 14.7. The molecular weight excluding hydrogens is 256 g/mol. The van der Waals surface area contributed by atoms with Crippen molar-refractivity contribution in [3.63, 3.8) is 0 Å².